The van der Waals surface area contributed by atoms with Crippen LogP contribution >= 0.6 is 0 Å². The number of nitrogens with one attached hydrogen (secondary N) is 2. The average Bonchev–Trinajstić information content (AvgIpc) is 3.07. The second-order valence-electron chi connectivity index (χ2n) is 6.95. The van der Waals surface area contributed by atoms with Gasteiger partial charge in [0.25, 0.3) is 11.8 Å². The van der Waals surface area contributed by atoms with Crippen molar-refractivity contribution in [2.45, 2.75) is 57.9 Å². The van der Waals surface area contributed by atoms with Crippen molar-refractivity contribution in [3.63, 3.8) is 0 Å². The molecule has 0 unspecified atom stereocenters. The predicted octanol–water partition coefficient (Wildman–Crippen LogP) is 2.76. The molecule has 0 radical (unpaired) electrons. The lowest BCUT2D eigenvalue weighted by atomic mass is 9.97. The van der Waals surface area contributed by atoms with Crippen molar-refractivity contribution in [2.24, 2.45) is 0 Å². The fourth-order valence-corrected chi connectivity index (χ4v) is 3.69. The molecule has 6 heteroatoms. The molecule has 2 amide bonds. The number of rotatable bonds is 7. The maximum Gasteiger partial charge on any atom is 0.287 e. The number of imidazole rings is 1. The Morgan fingerprint density at radius 2 is 2.00 bits per heavy atom. The average molecular weight is 356 g/mol. The van der Waals surface area contributed by atoms with E-state index in [2.05, 4.69) is 28.3 Å². The number of hydrogen-bond acceptors (Lipinski definition) is 3. The van der Waals surface area contributed by atoms with E-state index in [1.807, 2.05) is 4.57 Å². The highest BCUT2D eigenvalue weighted by Crippen LogP contribution is 2.22. The normalized spacial score (nSPS) is 16.4. The van der Waals surface area contributed by atoms with Crippen molar-refractivity contribution in [3.8, 4) is 0 Å². The van der Waals surface area contributed by atoms with Gasteiger partial charge in [0, 0.05) is 19.6 Å². The maximum absolute atomic E-state index is 12.6. The molecule has 0 spiro atoms. The molecule has 0 fully saturated rings. The summed E-state index contributed by atoms with van der Waals surface area (Å²) in [4.78, 5) is 29.4. The zero-order chi connectivity index (χ0) is 18.4. The van der Waals surface area contributed by atoms with Crippen molar-refractivity contribution in [3.05, 3.63) is 41.5 Å². The minimum absolute atomic E-state index is 0.188. The summed E-state index contributed by atoms with van der Waals surface area (Å²) in [6.07, 6.45) is 12.4. The van der Waals surface area contributed by atoms with Gasteiger partial charge in [0.15, 0.2) is 5.82 Å². The monoisotopic (exact) mass is 356 g/mol. The Bertz CT molecular complexity index is 718. The number of nitrogens with zero attached hydrogens (tertiary/aromatic N) is 2. The molecule has 1 aromatic rings. The van der Waals surface area contributed by atoms with Gasteiger partial charge in [-0.25, -0.2) is 4.98 Å². The van der Waals surface area contributed by atoms with Crippen molar-refractivity contribution in [2.75, 3.05) is 13.1 Å². The fraction of sp³-hybridized carbons (Fsp3) is 0.550. The minimum Gasteiger partial charge on any atom is -0.349 e. The highest BCUT2D eigenvalue weighted by molar-refractivity contribution is 5.97. The molecule has 2 N–H and O–H groups in total. The van der Waals surface area contributed by atoms with Crippen molar-refractivity contribution >= 4 is 11.8 Å². The van der Waals surface area contributed by atoms with Crippen molar-refractivity contribution in [1.82, 2.24) is 20.2 Å². The lowest BCUT2D eigenvalue weighted by Gasteiger charge is -2.17. The highest BCUT2D eigenvalue weighted by atomic mass is 16.2. The van der Waals surface area contributed by atoms with Gasteiger partial charge < -0.3 is 15.2 Å². The lowest BCUT2D eigenvalue weighted by molar-refractivity contribution is 0.0938. The number of hydrogen-bond donors (Lipinski definition) is 2. The fourth-order valence-electron chi connectivity index (χ4n) is 3.69. The van der Waals surface area contributed by atoms with Crippen LogP contribution in [0, 0.1) is 0 Å². The Labute approximate surface area is 154 Å². The summed E-state index contributed by atoms with van der Waals surface area (Å²) in [5.41, 5.74) is 2.69. The number of aromatic nitrogens is 2. The third kappa shape index (κ3) is 4.23. The molecule has 140 valence electrons. The molecule has 6 nitrogen and oxygen atoms in total. The molecular weight excluding hydrogens is 328 g/mol. The van der Waals surface area contributed by atoms with E-state index < -0.39 is 0 Å². The molecule has 2 aliphatic rings. The van der Waals surface area contributed by atoms with E-state index in [1.165, 1.54) is 18.4 Å². The molecule has 0 atom stereocenters. The Balaban J connectivity index is 1.68. The number of carbonyl (C=O) groups excluding carboxylic acids is 2. The van der Waals surface area contributed by atoms with Crippen LogP contribution in [0.25, 0.3) is 0 Å². The number of allylic oxidation sites excluding steroid dienone is 1. The van der Waals surface area contributed by atoms with E-state index in [0.717, 1.165) is 50.8 Å². The zero-order valence-corrected chi connectivity index (χ0v) is 15.4. The van der Waals surface area contributed by atoms with Gasteiger partial charge in [0.2, 0.25) is 0 Å². The van der Waals surface area contributed by atoms with Crippen LogP contribution in [0.2, 0.25) is 0 Å². The first kappa shape index (κ1) is 18.4. The summed E-state index contributed by atoms with van der Waals surface area (Å²) < 4.78 is 1.92. The van der Waals surface area contributed by atoms with Gasteiger partial charge in [-0.15, -0.1) is 6.58 Å². The Hall–Kier alpha value is -2.37. The van der Waals surface area contributed by atoms with Crippen molar-refractivity contribution < 1.29 is 9.59 Å². The van der Waals surface area contributed by atoms with Gasteiger partial charge >= 0.3 is 0 Å². The number of fused-ring (bicyclic) bond motifs is 1. The molecule has 0 bridgehead atoms. The Kier molecular flexibility index (Phi) is 6.26. The zero-order valence-electron chi connectivity index (χ0n) is 15.4. The summed E-state index contributed by atoms with van der Waals surface area (Å²) in [7, 11) is 0. The van der Waals surface area contributed by atoms with E-state index in [-0.39, 0.29) is 11.8 Å². The van der Waals surface area contributed by atoms with Gasteiger partial charge in [-0.05, 0) is 51.4 Å². The Morgan fingerprint density at radius 1 is 1.15 bits per heavy atom. The van der Waals surface area contributed by atoms with E-state index in [0.29, 0.717) is 24.6 Å². The van der Waals surface area contributed by atoms with Crippen molar-refractivity contribution in [1.29, 1.82) is 0 Å². The summed E-state index contributed by atoms with van der Waals surface area (Å²) in [5.74, 6) is -0.0598. The van der Waals surface area contributed by atoms with Gasteiger partial charge in [0.05, 0.1) is 5.69 Å². The predicted molar refractivity (Wildman–Crippen MR) is 101 cm³/mol. The Morgan fingerprint density at radius 3 is 2.77 bits per heavy atom. The highest BCUT2D eigenvalue weighted by Gasteiger charge is 2.27. The minimum atomic E-state index is -0.234. The van der Waals surface area contributed by atoms with Gasteiger partial charge in [-0.2, -0.15) is 0 Å². The SMILES string of the molecule is C=CCNC(=O)c1nc(C(=O)NCCC2=CCCCC2)n2c1CCCC2. The topological polar surface area (TPSA) is 76.0 Å². The lowest BCUT2D eigenvalue weighted by Crippen LogP contribution is -2.29. The van der Waals surface area contributed by atoms with Gasteiger partial charge in [0.1, 0.15) is 5.69 Å². The largest absolute Gasteiger partial charge is 0.349 e. The molecule has 2 heterocycles. The maximum atomic E-state index is 12.6. The van der Waals surface area contributed by atoms with Crippen LogP contribution in [0.4, 0.5) is 0 Å². The molecule has 3 rings (SSSR count). The van der Waals surface area contributed by atoms with Crippen LogP contribution < -0.4 is 10.6 Å². The molecule has 0 saturated carbocycles. The molecule has 1 aliphatic heterocycles. The number of amides is 2. The first-order valence-electron chi connectivity index (χ1n) is 9.65. The summed E-state index contributed by atoms with van der Waals surface area (Å²) >= 11 is 0. The third-order valence-electron chi connectivity index (χ3n) is 5.06. The second kappa shape index (κ2) is 8.83. The van der Waals surface area contributed by atoms with E-state index >= 15 is 0 Å². The summed E-state index contributed by atoms with van der Waals surface area (Å²) in [6, 6.07) is 0. The van der Waals surface area contributed by atoms with Crippen LogP contribution in [0.15, 0.2) is 24.3 Å². The molecule has 1 aromatic heterocycles. The second-order valence-corrected chi connectivity index (χ2v) is 6.95. The molecule has 0 aromatic carbocycles. The molecular formula is C20H28N4O2. The van der Waals surface area contributed by atoms with Crippen LogP contribution in [0.3, 0.4) is 0 Å². The van der Waals surface area contributed by atoms with Crippen LogP contribution in [0.1, 0.15) is 71.7 Å². The van der Waals surface area contributed by atoms with Crippen LogP contribution in [-0.4, -0.2) is 34.5 Å². The molecule has 26 heavy (non-hydrogen) atoms. The van der Waals surface area contributed by atoms with Gasteiger partial charge in [-0.1, -0.05) is 17.7 Å². The van der Waals surface area contributed by atoms with Crippen LogP contribution in [0.5, 0.6) is 0 Å². The third-order valence-corrected chi connectivity index (χ3v) is 5.06. The first-order chi connectivity index (χ1) is 12.7. The standard InChI is InChI=1S/C20H28N4O2/c1-2-12-21-19(25)17-16-10-6-7-14-24(16)18(23-17)20(26)22-13-11-15-8-4-3-5-9-15/h2,8H,1,3-7,9-14H2,(H,21,25)(H,22,26). The quantitative estimate of drug-likeness (QED) is 0.738. The van der Waals surface area contributed by atoms with E-state index in [9.17, 15) is 9.59 Å². The molecule has 1 aliphatic carbocycles. The van der Waals surface area contributed by atoms with E-state index in [4.69, 9.17) is 0 Å². The summed E-state index contributed by atoms with van der Waals surface area (Å²) in [6.45, 7) is 5.36. The smallest absolute Gasteiger partial charge is 0.287 e. The number of carbonyl (C=O) groups is 2. The first-order valence-corrected chi connectivity index (χ1v) is 9.65. The van der Waals surface area contributed by atoms with E-state index in [1.54, 1.807) is 6.08 Å². The molecule has 0 saturated heterocycles. The summed E-state index contributed by atoms with van der Waals surface area (Å²) in [5, 5.41) is 5.75. The van der Waals surface area contributed by atoms with Gasteiger partial charge in [-0.3, -0.25) is 9.59 Å². The van der Waals surface area contributed by atoms with Crippen LogP contribution in [-0.2, 0) is 13.0 Å².